The first-order valence-corrected chi connectivity index (χ1v) is 7.57. The standard InChI is InChI=1S/C14H24N4O2/c1-14(2)12(19)18(13(20)16-14)7-6-17-8-10-4-3-5-15-11(10)9-17/h10-11,15H,3-9H2,1-2H3,(H,16,20)/t10-,11+/m0/s1. The van der Waals surface area contributed by atoms with E-state index in [9.17, 15) is 9.59 Å². The highest BCUT2D eigenvalue weighted by Crippen LogP contribution is 2.25. The first-order chi connectivity index (χ1) is 9.47. The van der Waals surface area contributed by atoms with Crippen LogP contribution in [0.3, 0.4) is 0 Å². The molecule has 0 saturated carbocycles. The molecule has 0 spiro atoms. The maximum atomic E-state index is 12.1. The molecule has 20 heavy (non-hydrogen) atoms. The van der Waals surface area contributed by atoms with Crippen molar-refractivity contribution in [2.75, 3.05) is 32.7 Å². The van der Waals surface area contributed by atoms with E-state index in [1.807, 2.05) is 0 Å². The number of imide groups is 1. The van der Waals surface area contributed by atoms with Crippen LogP contribution in [-0.2, 0) is 4.79 Å². The summed E-state index contributed by atoms with van der Waals surface area (Å²) in [6.45, 7) is 8.03. The van der Waals surface area contributed by atoms with Gasteiger partial charge in [0, 0.05) is 32.2 Å². The maximum absolute atomic E-state index is 12.1. The van der Waals surface area contributed by atoms with Crippen LogP contribution >= 0.6 is 0 Å². The molecule has 3 aliphatic heterocycles. The summed E-state index contributed by atoms with van der Waals surface area (Å²) in [5, 5.41) is 6.29. The number of nitrogens with zero attached hydrogens (tertiary/aromatic N) is 2. The number of likely N-dealkylation sites (tertiary alicyclic amines) is 1. The van der Waals surface area contributed by atoms with Gasteiger partial charge in [0.1, 0.15) is 5.54 Å². The monoisotopic (exact) mass is 280 g/mol. The van der Waals surface area contributed by atoms with E-state index in [0.29, 0.717) is 12.6 Å². The summed E-state index contributed by atoms with van der Waals surface area (Å²) < 4.78 is 0. The number of amides is 3. The number of hydrogen-bond acceptors (Lipinski definition) is 4. The Morgan fingerprint density at radius 1 is 1.25 bits per heavy atom. The molecule has 3 fully saturated rings. The third-order valence-electron chi connectivity index (χ3n) is 4.76. The van der Waals surface area contributed by atoms with Crippen molar-refractivity contribution in [3.63, 3.8) is 0 Å². The van der Waals surface area contributed by atoms with Gasteiger partial charge in [-0.3, -0.25) is 14.6 Å². The number of carbonyl (C=O) groups excluding carboxylic acids is 2. The van der Waals surface area contributed by atoms with E-state index in [1.54, 1.807) is 13.8 Å². The normalized spacial score (nSPS) is 33.4. The van der Waals surface area contributed by atoms with E-state index < -0.39 is 5.54 Å². The van der Waals surface area contributed by atoms with E-state index in [1.165, 1.54) is 17.7 Å². The lowest BCUT2D eigenvalue weighted by Crippen LogP contribution is -2.42. The van der Waals surface area contributed by atoms with E-state index in [4.69, 9.17) is 0 Å². The number of rotatable bonds is 3. The average molecular weight is 280 g/mol. The van der Waals surface area contributed by atoms with Gasteiger partial charge in [-0.2, -0.15) is 0 Å². The molecule has 3 amide bonds. The fourth-order valence-corrected chi connectivity index (χ4v) is 3.58. The number of piperidine rings is 1. The second kappa shape index (κ2) is 5.00. The summed E-state index contributed by atoms with van der Waals surface area (Å²) in [5.41, 5.74) is -0.752. The van der Waals surface area contributed by atoms with Crippen LogP contribution in [0.15, 0.2) is 0 Å². The minimum atomic E-state index is -0.752. The van der Waals surface area contributed by atoms with Crippen LogP contribution in [-0.4, -0.2) is 66.0 Å². The molecule has 0 radical (unpaired) electrons. The van der Waals surface area contributed by atoms with Crippen LogP contribution in [0.25, 0.3) is 0 Å². The lowest BCUT2D eigenvalue weighted by Gasteiger charge is -2.24. The molecule has 0 aliphatic carbocycles. The number of carbonyl (C=O) groups is 2. The largest absolute Gasteiger partial charge is 0.325 e. The molecule has 3 rings (SSSR count). The fourth-order valence-electron chi connectivity index (χ4n) is 3.58. The van der Waals surface area contributed by atoms with Crippen molar-refractivity contribution in [1.82, 2.24) is 20.4 Å². The first kappa shape index (κ1) is 13.8. The van der Waals surface area contributed by atoms with Gasteiger partial charge in [-0.25, -0.2) is 4.79 Å². The molecule has 0 bridgehead atoms. The highest BCUT2D eigenvalue weighted by Gasteiger charge is 2.44. The summed E-state index contributed by atoms with van der Waals surface area (Å²) in [6, 6.07) is 0.345. The van der Waals surface area contributed by atoms with E-state index in [2.05, 4.69) is 15.5 Å². The highest BCUT2D eigenvalue weighted by molar-refractivity contribution is 6.06. The zero-order valence-electron chi connectivity index (χ0n) is 12.3. The van der Waals surface area contributed by atoms with Gasteiger partial charge >= 0.3 is 6.03 Å². The van der Waals surface area contributed by atoms with Gasteiger partial charge < -0.3 is 10.6 Å². The summed E-state index contributed by atoms with van der Waals surface area (Å²) >= 11 is 0. The molecule has 0 unspecified atom stereocenters. The number of hydrogen-bond donors (Lipinski definition) is 2. The Morgan fingerprint density at radius 2 is 2.05 bits per heavy atom. The van der Waals surface area contributed by atoms with Crippen molar-refractivity contribution in [1.29, 1.82) is 0 Å². The van der Waals surface area contributed by atoms with Crippen LogP contribution in [0.5, 0.6) is 0 Å². The third-order valence-corrected chi connectivity index (χ3v) is 4.76. The van der Waals surface area contributed by atoms with Crippen molar-refractivity contribution in [3.8, 4) is 0 Å². The zero-order valence-corrected chi connectivity index (χ0v) is 12.3. The topological polar surface area (TPSA) is 64.7 Å². The van der Waals surface area contributed by atoms with Gasteiger partial charge in [-0.1, -0.05) is 0 Å². The van der Waals surface area contributed by atoms with E-state index in [0.717, 1.165) is 32.1 Å². The second-order valence-corrected chi connectivity index (χ2v) is 6.73. The number of urea groups is 1. The van der Waals surface area contributed by atoms with Crippen LogP contribution in [0.1, 0.15) is 26.7 Å². The Morgan fingerprint density at radius 3 is 2.70 bits per heavy atom. The Labute approximate surface area is 119 Å². The van der Waals surface area contributed by atoms with Gasteiger partial charge in [0.25, 0.3) is 5.91 Å². The molecular weight excluding hydrogens is 256 g/mol. The van der Waals surface area contributed by atoms with Gasteiger partial charge in [0.15, 0.2) is 0 Å². The maximum Gasteiger partial charge on any atom is 0.325 e. The molecule has 2 N–H and O–H groups in total. The van der Waals surface area contributed by atoms with Crippen molar-refractivity contribution in [2.45, 2.75) is 38.3 Å². The highest BCUT2D eigenvalue weighted by atomic mass is 16.2. The van der Waals surface area contributed by atoms with Crippen LogP contribution in [0.4, 0.5) is 4.79 Å². The quantitative estimate of drug-likeness (QED) is 0.714. The Bertz CT molecular complexity index is 409. The van der Waals surface area contributed by atoms with Gasteiger partial charge in [0.2, 0.25) is 0 Å². The predicted molar refractivity (Wildman–Crippen MR) is 75.3 cm³/mol. The molecule has 6 heteroatoms. The smallest absolute Gasteiger partial charge is 0.324 e. The number of fused-ring (bicyclic) bond motifs is 1. The van der Waals surface area contributed by atoms with Crippen molar-refractivity contribution in [3.05, 3.63) is 0 Å². The van der Waals surface area contributed by atoms with Crippen LogP contribution in [0.2, 0.25) is 0 Å². The summed E-state index contributed by atoms with van der Waals surface area (Å²) in [7, 11) is 0. The zero-order chi connectivity index (χ0) is 14.3. The van der Waals surface area contributed by atoms with Crippen molar-refractivity contribution >= 4 is 11.9 Å². The summed E-state index contributed by atoms with van der Waals surface area (Å²) in [6.07, 6.45) is 2.56. The molecule has 0 aromatic heterocycles. The van der Waals surface area contributed by atoms with Crippen LogP contribution in [0, 0.1) is 5.92 Å². The lowest BCUT2D eigenvalue weighted by atomic mass is 9.94. The third kappa shape index (κ3) is 2.42. The Kier molecular flexibility index (Phi) is 3.46. The Hall–Kier alpha value is -1.14. The van der Waals surface area contributed by atoms with Gasteiger partial charge in [-0.15, -0.1) is 0 Å². The molecule has 0 aromatic carbocycles. The fraction of sp³-hybridized carbons (Fsp3) is 0.857. The predicted octanol–water partition coefficient (Wildman–Crippen LogP) is 0.000600. The van der Waals surface area contributed by atoms with E-state index in [-0.39, 0.29) is 11.9 Å². The molecule has 3 saturated heterocycles. The van der Waals surface area contributed by atoms with Crippen molar-refractivity contribution < 1.29 is 9.59 Å². The van der Waals surface area contributed by atoms with Crippen LogP contribution < -0.4 is 10.6 Å². The molecule has 6 nitrogen and oxygen atoms in total. The first-order valence-electron chi connectivity index (χ1n) is 7.57. The molecule has 2 atom stereocenters. The minimum absolute atomic E-state index is 0.114. The number of nitrogens with one attached hydrogen (secondary N) is 2. The Balaban J connectivity index is 1.53. The SMILES string of the molecule is CC1(C)NC(=O)N(CCN2C[C@@H]3CCCN[C@@H]3C2)C1=O. The average Bonchev–Trinajstić information content (AvgIpc) is 2.87. The molecule has 112 valence electrons. The lowest BCUT2D eigenvalue weighted by molar-refractivity contribution is -0.130. The molecule has 3 aliphatic rings. The molecule has 0 aromatic rings. The second-order valence-electron chi connectivity index (χ2n) is 6.73. The van der Waals surface area contributed by atoms with Crippen molar-refractivity contribution in [2.24, 2.45) is 5.92 Å². The summed E-state index contributed by atoms with van der Waals surface area (Å²) in [5.74, 6) is 0.625. The van der Waals surface area contributed by atoms with E-state index >= 15 is 0 Å². The molecular formula is C14H24N4O2. The van der Waals surface area contributed by atoms with Gasteiger partial charge in [0.05, 0.1) is 0 Å². The molecule has 3 heterocycles. The summed E-state index contributed by atoms with van der Waals surface area (Å²) in [4.78, 5) is 27.7. The van der Waals surface area contributed by atoms with Gasteiger partial charge in [-0.05, 0) is 39.2 Å². The minimum Gasteiger partial charge on any atom is -0.324 e.